The standard InChI is InChI=1S/C20H24N2O3/c1-14-8-15(2)10-17(9-14)20(25)22-13-19(24)21-12-18(23)11-16-6-4-3-5-7-16/h3-10,18,23H,11-13H2,1-2H3,(H,21,24)(H,22,25). The highest BCUT2D eigenvalue weighted by atomic mass is 16.3. The van der Waals surface area contributed by atoms with E-state index in [2.05, 4.69) is 10.6 Å². The van der Waals surface area contributed by atoms with Gasteiger partial charge in [0, 0.05) is 18.5 Å². The van der Waals surface area contributed by atoms with Crippen LogP contribution in [-0.2, 0) is 11.2 Å². The molecule has 0 radical (unpaired) electrons. The molecule has 5 nitrogen and oxygen atoms in total. The third-order valence-electron chi connectivity index (χ3n) is 3.74. The van der Waals surface area contributed by atoms with E-state index in [-0.39, 0.29) is 24.9 Å². The van der Waals surface area contributed by atoms with Crippen LogP contribution in [0.5, 0.6) is 0 Å². The van der Waals surface area contributed by atoms with Crippen molar-refractivity contribution < 1.29 is 14.7 Å². The van der Waals surface area contributed by atoms with Crippen molar-refractivity contribution in [1.29, 1.82) is 0 Å². The molecule has 0 heterocycles. The number of benzene rings is 2. The summed E-state index contributed by atoms with van der Waals surface area (Å²) < 4.78 is 0. The number of nitrogens with one attached hydrogen (secondary N) is 2. The fourth-order valence-electron chi connectivity index (χ4n) is 2.62. The minimum atomic E-state index is -0.665. The Morgan fingerprint density at radius 1 is 1.00 bits per heavy atom. The lowest BCUT2D eigenvalue weighted by atomic mass is 10.1. The molecule has 0 fully saturated rings. The Labute approximate surface area is 148 Å². The fourth-order valence-corrected chi connectivity index (χ4v) is 2.62. The van der Waals surface area contributed by atoms with Gasteiger partial charge in [0.15, 0.2) is 0 Å². The van der Waals surface area contributed by atoms with Crippen LogP contribution >= 0.6 is 0 Å². The van der Waals surface area contributed by atoms with Crippen LogP contribution in [0, 0.1) is 13.8 Å². The van der Waals surface area contributed by atoms with Crippen LogP contribution in [-0.4, -0.2) is 36.1 Å². The zero-order chi connectivity index (χ0) is 18.2. The van der Waals surface area contributed by atoms with E-state index in [0.29, 0.717) is 12.0 Å². The lowest BCUT2D eigenvalue weighted by Gasteiger charge is -2.12. The van der Waals surface area contributed by atoms with Crippen LogP contribution in [0.15, 0.2) is 48.5 Å². The van der Waals surface area contributed by atoms with Crippen LogP contribution in [0.2, 0.25) is 0 Å². The van der Waals surface area contributed by atoms with Gasteiger partial charge < -0.3 is 15.7 Å². The van der Waals surface area contributed by atoms with Crippen molar-refractivity contribution in [2.45, 2.75) is 26.4 Å². The zero-order valence-electron chi connectivity index (χ0n) is 14.6. The normalized spacial score (nSPS) is 11.6. The van der Waals surface area contributed by atoms with Gasteiger partial charge in [0.1, 0.15) is 0 Å². The summed E-state index contributed by atoms with van der Waals surface area (Å²) >= 11 is 0. The second-order valence-corrected chi connectivity index (χ2v) is 6.21. The van der Waals surface area contributed by atoms with Gasteiger partial charge in [0.25, 0.3) is 5.91 Å². The first-order valence-electron chi connectivity index (χ1n) is 8.29. The van der Waals surface area contributed by atoms with E-state index < -0.39 is 6.10 Å². The quantitative estimate of drug-likeness (QED) is 0.718. The molecule has 0 bridgehead atoms. The van der Waals surface area contributed by atoms with E-state index in [0.717, 1.165) is 16.7 Å². The maximum Gasteiger partial charge on any atom is 0.251 e. The van der Waals surface area contributed by atoms with Crippen molar-refractivity contribution in [3.63, 3.8) is 0 Å². The van der Waals surface area contributed by atoms with Crippen molar-refractivity contribution in [2.24, 2.45) is 0 Å². The summed E-state index contributed by atoms with van der Waals surface area (Å²) in [7, 11) is 0. The van der Waals surface area contributed by atoms with Crippen molar-refractivity contribution in [3.05, 3.63) is 70.8 Å². The zero-order valence-corrected chi connectivity index (χ0v) is 14.6. The number of carbonyl (C=O) groups is 2. The van der Waals surface area contributed by atoms with Crippen molar-refractivity contribution in [2.75, 3.05) is 13.1 Å². The first-order chi connectivity index (χ1) is 11.9. The molecule has 0 saturated heterocycles. The molecule has 3 N–H and O–H groups in total. The maximum atomic E-state index is 12.1. The van der Waals surface area contributed by atoms with Gasteiger partial charge in [-0.25, -0.2) is 0 Å². The Kier molecular flexibility index (Phi) is 6.71. The Morgan fingerprint density at radius 2 is 1.64 bits per heavy atom. The second kappa shape index (κ2) is 8.99. The molecule has 0 aliphatic heterocycles. The van der Waals surface area contributed by atoms with Gasteiger partial charge in [-0.05, 0) is 31.5 Å². The largest absolute Gasteiger partial charge is 0.391 e. The number of carbonyl (C=O) groups excluding carboxylic acids is 2. The average Bonchev–Trinajstić information content (AvgIpc) is 2.58. The molecule has 5 heteroatoms. The SMILES string of the molecule is Cc1cc(C)cc(C(=O)NCC(=O)NCC(O)Cc2ccccc2)c1. The molecule has 0 aliphatic rings. The van der Waals surface area contributed by atoms with E-state index in [1.165, 1.54) is 0 Å². The molecule has 1 unspecified atom stereocenters. The molecular weight excluding hydrogens is 316 g/mol. The molecule has 1 atom stereocenters. The molecule has 0 aliphatic carbocycles. The third kappa shape index (κ3) is 6.39. The van der Waals surface area contributed by atoms with E-state index in [9.17, 15) is 14.7 Å². The number of hydrogen-bond acceptors (Lipinski definition) is 3. The van der Waals surface area contributed by atoms with Gasteiger partial charge in [-0.2, -0.15) is 0 Å². The Morgan fingerprint density at radius 3 is 2.28 bits per heavy atom. The van der Waals surface area contributed by atoms with E-state index in [1.54, 1.807) is 12.1 Å². The summed E-state index contributed by atoms with van der Waals surface area (Å²) in [6, 6.07) is 15.1. The van der Waals surface area contributed by atoms with Crippen molar-refractivity contribution in [3.8, 4) is 0 Å². The first kappa shape index (κ1) is 18.7. The summed E-state index contributed by atoms with van der Waals surface area (Å²) in [5.41, 5.74) is 3.54. The van der Waals surface area contributed by atoms with Gasteiger partial charge in [0.05, 0.1) is 12.6 Å². The minimum Gasteiger partial charge on any atom is -0.391 e. The van der Waals surface area contributed by atoms with Crippen molar-refractivity contribution >= 4 is 11.8 Å². The highest BCUT2D eigenvalue weighted by Gasteiger charge is 2.11. The lowest BCUT2D eigenvalue weighted by Crippen LogP contribution is -2.40. The predicted octanol–water partition coefficient (Wildman–Crippen LogP) is 1.75. The molecule has 0 aromatic heterocycles. The van der Waals surface area contributed by atoms with Crippen LogP contribution < -0.4 is 10.6 Å². The lowest BCUT2D eigenvalue weighted by molar-refractivity contribution is -0.120. The van der Waals surface area contributed by atoms with Gasteiger partial charge >= 0.3 is 0 Å². The predicted molar refractivity (Wildman–Crippen MR) is 97.4 cm³/mol. The number of hydrogen-bond donors (Lipinski definition) is 3. The molecule has 0 spiro atoms. The van der Waals surface area contributed by atoms with E-state index >= 15 is 0 Å². The number of aryl methyl sites for hydroxylation is 2. The molecule has 2 aromatic carbocycles. The topological polar surface area (TPSA) is 78.4 Å². The number of aliphatic hydroxyl groups excluding tert-OH is 1. The van der Waals surface area contributed by atoms with Gasteiger partial charge in [0.2, 0.25) is 5.91 Å². The molecule has 2 amide bonds. The molecule has 2 rings (SSSR count). The second-order valence-electron chi connectivity index (χ2n) is 6.21. The monoisotopic (exact) mass is 340 g/mol. The summed E-state index contributed by atoms with van der Waals surface area (Å²) in [5.74, 6) is -0.614. The minimum absolute atomic E-state index is 0.121. The Bertz CT molecular complexity index is 709. The average molecular weight is 340 g/mol. The fraction of sp³-hybridized carbons (Fsp3) is 0.300. The molecule has 132 valence electrons. The van der Waals surface area contributed by atoms with Gasteiger partial charge in [-0.1, -0.05) is 47.5 Å². The van der Waals surface area contributed by atoms with Gasteiger partial charge in [-0.15, -0.1) is 0 Å². The Balaban J connectivity index is 1.74. The third-order valence-corrected chi connectivity index (χ3v) is 3.74. The van der Waals surface area contributed by atoms with Crippen LogP contribution in [0.25, 0.3) is 0 Å². The highest BCUT2D eigenvalue weighted by molar-refractivity contribution is 5.96. The maximum absolute atomic E-state index is 12.1. The van der Waals surface area contributed by atoms with E-state index in [1.807, 2.05) is 50.2 Å². The summed E-state index contributed by atoms with van der Waals surface area (Å²) in [6.07, 6.45) is -0.197. The van der Waals surface area contributed by atoms with Crippen LogP contribution in [0.3, 0.4) is 0 Å². The number of rotatable bonds is 7. The summed E-state index contributed by atoms with van der Waals surface area (Å²) in [5, 5.41) is 15.2. The van der Waals surface area contributed by atoms with E-state index in [4.69, 9.17) is 0 Å². The molecule has 2 aromatic rings. The first-order valence-corrected chi connectivity index (χ1v) is 8.29. The summed E-state index contributed by atoms with van der Waals surface area (Å²) in [6.45, 7) is 3.87. The van der Waals surface area contributed by atoms with Crippen LogP contribution in [0.1, 0.15) is 27.0 Å². The van der Waals surface area contributed by atoms with Crippen molar-refractivity contribution in [1.82, 2.24) is 10.6 Å². The highest BCUT2D eigenvalue weighted by Crippen LogP contribution is 2.08. The van der Waals surface area contributed by atoms with Crippen LogP contribution in [0.4, 0.5) is 0 Å². The summed E-state index contributed by atoms with van der Waals surface area (Å²) in [4.78, 5) is 23.9. The smallest absolute Gasteiger partial charge is 0.251 e. The Hall–Kier alpha value is -2.66. The molecular formula is C20H24N2O3. The number of aliphatic hydroxyl groups is 1. The molecule has 0 saturated carbocycles. The molecule has 25 heavy (non-hydrogen) atoms. The number of amides is 2. The van der Waals surface area contributed by atoms with Gasteiger partial charge in [-0.3, -0.25) is 9.59 Å².